The Labute approximate surface area is 120 Å². The fraction of sp³-hybridized carbons (Fsp3) is 0.786. The van der Waals surface area contributed by atoms with Crippen molar-refractivity contribution in [2.24, 2.45) is 5.41 Å². The van der Waals surface area contributed by atoms with Gasteiger partial charge in [0.25, 0.3) is 0 Å². The monoisotopic (exact) mass is 279 g/mol. The Bertz CT molecular complexity index is 419. The minimum atomic E-state index is -0.235. The van der Waals surface area contributed by atoms with Crippen molar-refractivity contribution in [2.45, 2.75) is 39.7 Å². The number of carbonyl (C=O) groups is 1. The minimum Gasteiger partial charge on any atom is -0.356 e. The van der Waals surface area contributed by atoms with Gasteiger partial charge in [0, 0.05) is 19.6 Å². The van der Waals surface area contributed by atoms with Gasteiger partial charge in [-0.05, 0) is 39.3 Å². The molecule has 1 amide bonds. The van der Waals surface area contributed by atoms with Gasteiger partial charge < -0.3 is 10.2 Å². The smallest absolute Gasteiger partial charge is 0.227 e. The Morgan fingerprint density at radius 1 is 1.50 bits per heavy atom. The molecule has 1 fully saturated rings. The van der Waals surface area contributed by atoms with Gasteiger partial charge in [-0.25, -0.2) is 4.98 Å². The number of amides is 1. The molecule has 6 heteroatoms. The van der Waals surface area contributed by atoms with Crippen LogP contribution in [0.25, 0.3) is 0 Å². The van der Waals surface area contributed by atoms with E-state index in [0.29, 0.717) is 6.54 Å². The van der Waals surface area contributed by atoms with E-state index in [9.17, 15) is 4.79 Å². The summed E-state index contributed by atoms with van der Waals surface area (Å²) in [7, 11) is 0. The van der Waals surface area contributed by atoms with Gasteiger partial charge in [0.2, 0.25) is 5.91 Å². The normalized spacial score (nSPS) is 23.7. The molecule has 0 radical (unpaired) electrons. The van der Waals surface area contributed by atoms with Crippen LogP contribution in [0.3, 0.4) is 0 Å². The molecule has 0 aliphatic carbocycles. The fourth-order valence-electron chi connectivity index (χ4n) is 2.80. The number of aryl methyl sites for hydroxylation is 1. The molecule has 1 unspecified atom stereocenters. The highest BCUT2D eigenvalue weighted by atomic mass is 16.2. The van der Waals surface area contributed by atoms with Gasteiger partial charge in [-0.3, -0.25) is 9.48 Å². The van der Waals surface area contributed by atoms with Crippen LogP contribution >= 0.6 is 0 Å². The number of hydrogen-bond donors (Lipinski definition) is 1. The molecule has 1 atom stereocenters. The van der Waals surface area contributed by atoms with E-state index in [2.05, 4.69) is 34.1 Å². The van der Waals surface area contributed by atoms with Crippen LogP contribution in [0.2, 0.25) is 0 Å². The molecular formula is C14H25N5O. The number of likely N-dealkylation sites (tertiary alicyclic amines) is 1. The van der Waals surface area contributed by atoms with Crippen LogP contribution in [0.15, 0.2) is 12.7 Å². The summed E-state index contributed by atoms with van der Waals surface area (Å²) in [5.74, 6) is 0.189. The topological polar surface area (TPSA) is 63.1 Å². The number of hydrogen-bond acceptors (Lipinski definition) is 4. The molecular weight excluding hydrogens is 254 g/mol. The molecule has 1 aromatic heterocycles. The zero-order valence-corrected chi connectivity index (χ0v) is 12.5. The Balaban J connectivity index is 1.73. The van der Waals surface area contributed by atoms with Gasteiger partial charge in [-0.1, -0.05) is 6.92 Å². The maximum absolute atomic E-state index is 12.4. The molecule has 20 heavy (non-hydrogen) atoms. The minimum absolute atomic E-state index is 0.189. The fourth-order valence-corrected chi connectivity index (χ4v) is 2.80. The summed E-state index contributed by atoms with van der Waals surface area (Å²) in [5, 5.41) is 7.12. The van der Waals surface area contributed by atoms with Gasteiger partial charge >= 0.3 is 0 Å². The predicted octanol–water partition coefficient (Wildman–Crippen LogP) is 0.906. The lowest BCUT2D eigenvalue weighted by Gasteiger charge is -2.38. The van der Waals surface area contributed by atoms with Crippen LogP contribution in [0, 0.1) is 5.41 Å². The van der Waals surface area contributed by atoms with Crippen molar-refractivity contribution < 1.29 is 4.79 Å². The molecule has 112 valence electrons. The maximum atomic E-state index is 12.4. The Kier molecular flexibility index (Phi) is 5.11. The van der Waals surface area contributed by atoms with Crippen molar-refractivity contribution in [1.82, 2.24) is 25.0 Å². The van der Waals surface area contributed by atoms with E-state index in [0.717, 1.165) is 45.4 Å². The second kappa shape index (κ2) is 6.83. The summed E-state index contributed by atoms with van der Waals surface area (Å²) < 4.78 is 1.79. The Morgan fingerprint density at radius 2 is 2.35 bits per heavy atom. The summed E-state index contributed by atoms with van der Waals surface area (Å²) in [5.41, 5.74) is -0.235. The molecule has 0 aromatic carbocycles. The third-order valence-electron chi connectivity index (χ3n) is 4.09. The molecule has 2 heterocycles. The SMILES string of the molecule is CCN1CCCC(C)(C(=O)NCCCn2cncn2)C1. The first-order valence-electron chi connectivity index (χ1n) is 7.47. The zero-order valence-electron chi connectivity index (χ0n) is 12.5. The van der Waals surface area contributed by atoms with E-state index in [1.54, 1.807) is 11.0 Å². The molecule has 1 aliphatic rings. The van der Waals surface area contributed by atoms with Crippen LogP contribution in [0.5, 0.6) is 0 Å². The lowest BCUT2D eigenvalue weighted by Crippen LogP contribution is -2.50. The zero-order chi connectivity index (χ0) is 14.4. The first-order chi connectivity index (χ1) is 9.64. The third-order valence-corrected chi connectivity index (χ3v) is 4.09. The van der Waals surface area contributed by atoms with Gasteiger partial charge in [-0.15, -0.1) is 0 Å². The van der Waals surface area contributed by atoms with Crippen LogP contribution in [0.4, 0.5) is 0 Å². The van der Waals surface area contributed by atoms with E-state index >= 15 is 0 Å². The van der Waals surface area contributed by atoms with Crippen LogP contribution < -0.4 is 5.32 Å². The largest absolute Gasteiger partial charge is 0.356 e. The van der Waals surface area contributed by atoms with E-state index in [1.807, 2.05) is 0 Å². The molecule has 0 saturated carbocycles. The van der Waals surface area contributed by atoms with E-state index < -0.39 is 0 Å². The van der Waals surface area contributed by atoms with Crippen molar-refractivity contribution >= 4 is 5.91 Å². The van der Waals surface area contributed by atoms with Crippen molar-refractivity contribution in [2.75, 3.05) is 26.2 Å². The number of carbonyl (C=O) groups excluding carboxylic acids is 1. The molecule has 1 N–H and O–H groups in total. The molecule has 6 nitrogen and oxygen atoms in total. The second-order valence-electron chi connectivity index (χ2n) is 5.80. The maximum Gasteiger partial charge on any atom is 0.227 e. The van der Waals surface area contributed by atoms with Crippen LogP contribution in [-0.2, 0) is 11.3 Å². The average molecular weight is 279 g/mol. The van der Waals surface area contributed by atoms with Crippen molar-refractivity contribution in [3.63, 3.8) is 0 Å². The molecule has 2 rings (SSSR count). The van der Waals surface area contributed by atoms with Crippen LogP contribution in [-0.4, -0.2) is 51.8 Å². The first kappa shape index (κ1) is 15.0. The van der Waals surface area contributed by atoms with Crippen molar-refractivity contribution in [1.29, 1.82) is 0 Å². The Hall–Kier alpha value is -1.43. The average Bonchev–Trinajstić information content (AvgIpc) is 2.96. The van der Waals surface area contributed by atoms with E-state index in [1.165, 1.54) is 6.33 Å². The van der Waals surface area contributed by atoms with Crippen LogP contribution in [0.1, 0.15) is 33.1 Å². The summed E-state index contributed by atoms with van der Waals surface area (Å²) in [4.78, 5) is 18.6. The molecule has 0 bridgehead atoms. The third kappa shape index (κ3) is 3.79. The second-order valence-corrected chi connectivity index (χ2v) is 5.80. The summed E-state index contributed by atoms with van der Waals surface area (Å²) in [6, 6.07) is 0. The number of piperidine rings is 1. The van der Waals surface area contributed by atoms with Gasteiger partial charge in [0.1, 0.15) is 12.7 Å². The quantitative estimate of drug-likeness (QED) is 0.786. The number of rotatable bonds is 6. The van der Waals surface area contributed by atoms with E-state index in [4.69, 9.17) is 0 Å². The molecule has 1 aliphatic heterocycles. The standard InChI is InChI=1S/C14H25N5O/c1-3-18-8-4-6-14(2,10-18)13(20)16-7-5-9-19-12-15-11-17-19/h11-12H,3-10H2,1-2H3,(H,16,20). The van der Waals surface area contributed by atoms with Gasteiger partial charge in [0.05, 0.1) is 5.41 Å². The van der Waals surface area contributed by atoms with Crippen molar-refractivity contribution in [3.8, 4) is 0 Å². The summed E-state index contributed by atoms with van der Waals surface area (Å²) in [6.07, 6.45) is 6.20. The highest BCUT2D eigenvalue weighted by molar-refractivity contribution is 5.82. The van der Waals surface area contributed by atoms with E-state index in [-0.39, 0.29) is 11.3 Å². The van der Waals surface area contributed by atoms with Gasteiger partial charge in [0.15, 0.2) is 0 Å². The van der Waals surface area contributed by atoms with Crippen molar-refractivity contribution in [3.05, 3.63) is 12.7 Å². The highest BCUT2D eigenvalue weighted by Gasteiger charge is 2.36. The summed E-state index contributed by atoms with van der Waals surface area (Å²) in [6.45, 7) is 8.74. The molecule has 1 aromatic rings. The lowest BCUT2D eigenvalue weighted by molar-refractivity contribution is -0.133. The van der Waals surface area contributed by atoms with Gasteiger partial charge in [-0.2, -0.15) is 5.10 Å². The summed E-state index contributed by atoms with van der Waals surface area (Å²) >= 11 is 0. The first-order valence-corrected chi connectivity index (χ1v) is 7.47. The molecule has 1 saturated heterocycles. The lowest BCUT2D eigenvalue weighted by atomic mass is 9.81. The number of nitrogens with zero attached hydrogens (tertiary/aromatic N) is 4. The molecule has 0 spiro atoms. The highest BCUT2D eigenvalue weighted by Crippen LogP contribution is 2.29. The predicted molar refractivity (Wildman–Crippen MR) is 77.1 cm³/mol. The number of nitrogens with one attached hydrogen (secondary N) is 1. The Morgan fingerprint density at radius 3 is 3.05 bits per heavy atom. The number of aromatic nitrogens is 3.